The molecule has 7 heteroatoms. The van der Waals surface area contributed by atoms with Crippen LogP contribution in [0.2, 0.25) is 0 Å². The second kappa shape index (κ2) is 7.57. The first-order chi connectivity index (χ1) is 11.8. The monoisotopic (exact) mass is 341 g/mol. The van der Waals surface area contributed by atoms with E-state index in [4.69, 9.17) is 0 Å². The van der Waals surface area contributed by atoms with Crippen LogP contribution in [0.25, 0.3) is 0 Å². The van der Waals surface area contributed by atoms with Crippen LogP contribution in [0.5, 0.6) is 0 Å². The third kappa shape index (κ3) is 4.41. The Morgan fingerprint density at radius 1 is 1.08 bits per heavy atom. The van der Waals surface area contributed by atoms with Gasteiger partial charge in [0, 0.05) is 23.2 Å². The lowest BCUT2D eigenvalue weighted by atomic mass is 10.1. The van der Waals surface area contributed by atoms with Crippen molar-refractivity contribution in [3.63, 3.8) is 0 Å². The summed E-state index contributed by atoms with van der Waals surface area (Å²) in [5.74, 6) is -0.825. The molecular formula is C18H19N3O4. The zero-order valence-electron chi connectivity index (χ0n) is 14.2. The smallest absolute Gasteiger partial charge is 0.273 e. The van der Waals surface area contributed by atoms with Gasteiger partial charge in [0.05, 0.1) is 16.2 Å². The van der Waals surface area contributed by atoms with Crippen molar-refractivity contribution in [3.05, 3.63) is 69.3 Å². The summed E-state index contributed by atoms with van der Waals surface area (Å²) < 4.78 is 0. The maximum absolute atomic E-state index is 12.4. The highest BCUT2D eigenvalue weighted by atomic mass is 16.6. The Kier molecular flexibility index (Phi) is 5.49. The van der Waals surface area contributed by atoms with Gasteiger partial charge in [0.25, 0.3) is 17.5 Å². The summed E-state index contributed by atoms with van der Waals surface area (Å²) in [6.07, 6.45) is 0. The minimum Gasteiger partial charge on any atom is -0.350 e. The molecule has 0 aliphatic heterocycles. The van der Waals surface area contributed by atoms with Crippen molar-refractivity contribution in [1.29, 1.82) is 0 Å². The molecule has 2 aromatic rings. The molecule has 0 atom stereocenters. The van der Waals surface area contributed by atoms with Gasteiger partial charge >= 0.3 is 0 Å². The van der Waals surface area contributed by atoms with Gasteiger partial charge < -0.3 is 10.6 Å². The van der Waals surface area contributed by atoms with Crippen molar-refractivity contribution in [2.45, 2.75) is 26.8 Å². The summed E-state index contributed by atoms with van der Waals surface area (Å²) in [6.45, 7) is 5.28. The van der Waals surface area contributed by atoms with E-state index in [2.05, 4.69) is 10.6 Å². The predicted octanol–water partition coefficient (Wildman–Crippen LogP) is 3.29. The molecule has 130 valence electrons. The van der Waals surface area contributed by atoms with Crippen LogP contribution in [0.15, 0.2) is 42.5 Å². The lowest BCUT2D eigenvalue weighted by molar-refractivity contribution is -0.385. The van der Waals surface area contributed by atoms with Crippen molar-refractivity contribution in [3.8, 4) is 0 Å². The van der Waals surface area contributed by atoms with Gasteiger partial charge in [-0.3, -0.25) is 19.7 Å². The lowest BCUT2D eigenvalue weighted by Gasteiger charge is -2.13. The zero-order valence-corrected chi connectivity index (χ0v) is 14.2. The average molecular weight is 341 g/mol. The highest BCUT2D eigenvalue weighted by molar-refractivity contribution is 6.09. The number of aryl methyl sites for hydroxylation is 1. The largest absolute Gasteiger partial charge is 0.350 e. The summed E-state index contributed by atoms with van der Waals surface area (Å²) in [4.78, 5) is 35.2. The Bertz CT molecular complexity index is 831. The highest BCUT2D eigenvalue weighted by Gasteiger charge is 2.17. The number of nitro benzene ring substituents is 1. The molecule has 2 amide bonds. The van der Waals surface area contributed by atoms with Crippen molar-refractivity contribution in [2.75, 3.05) is 5.32 Å². The first-order valence-electron chi connectivity index (χ1n) is 7.76. The number of nitrogens with one attached hydrogen (secondary N) is 2. The number of hydrogen-bond acceptors (Lipinski definition) is 4. The van der Waals surface area contributed by atoms with Crippen molar-refractivity contribution < 1.29 is 14.5 Å². The van der Waals surface area contributed by atoms with Gasteiger partial charge in [0.15, 0.2) is 0 Å². The molecule has 0 aliphatic rings. The molecule has 0 bridgehead atoms. The number of carbonyl (C=O) groups excluding carboxylic acids is 2. The second-order valence-electron chi connectivity index (χ2n) is 5.89. The average Bonchev–Trinajstić information content (AvgIpc) is 2.54. The van der Waals surface area contributed by atoms with Gasteiger partial charge in [-0.05, 0) is 39.0 Å². The van der Waals surface area contributed by atoms with E-state index in [1.54, 1.807) is 31.2 Å². The van der Waals surface area contributed by atoms with E-state index in [-0.39, 0.29) is 23.2 Å². The van der Waals surface area contributed by atoms with Crippen molar-refractivity contribution >= 4 is 23.2 Å². The molecule has 0 heterocycles. The van der Waals surface area contributed by atoms with Crippen LogP contribution in [0.3, 0.4) is 0 Å². The predicted molar refractivity (Wildman–Crippen MR) is 94.8 cm³/mol. The quantitative estimate of drug-likeness (QED) is 0.643. The fourth-order valence-electron chi connectivity index (χ4n) is 2.27. The lowest BCUT2D eigenvalue weighted by Crippen LogP contribution is -2.31. The van der Waals surface area contributed by atoms with Gasteiger partial charge in [-0.25, -0.2) is 0 Å². The third-order valence-corrected chi connectivity index (χ3v) is 3.51. The molecule has 0 radical (unpaired) electrons. The molecule has 0 spiro atoms. The molecule has 2 N–H and O–H groups in total. The Morgan fingerprint density at radius 3 is 2.40 bits per heavy atom. The van der Waals surface area contributed by atoms with Crippen LogP contribution >= 0.6 is 0 Å². The minimum atomic E-state index is -0.532. The van der Waals surface area contributed by atoms with E-state index in [9.17, 15) is 19.7 Å². The van der Waals surface area contributed by atoms with Crippen LogP contribution in [0.4, 0.5) is 11.4 Å². The number of para-hydroxylation sites is 1. The molecule has 7 nitrogen and oxygen atoms in total. The van der Waals surface area contributed by atoms with Crippen molar-refractivity contribution in [1.82, 2.24) is 5.32 Å². The summed E-state index contributed by atoms with van der Waals surface area (Å²) in [5.41, 5.74) is 1.16. The van der Waals surface area contributed by atoms with Gasteiger partial charge in [-0.15, -0.1) is 0 Å². The number of carbonyl (C=O) groups is 2. The molecule has 0 saturated carbocycles. The van der Waals surface area contributed by atoms with Crippen LogP contribution in [-0.2, 0) is 0 Å². The highest BCUT2D eigenvalue weighted by Crippen LogP contribution is 2.21. The van der Waals surface area contributed by atoms with E-state index in [0.29, 0.717) is 16.8 Å². The van der Waals surface area contributed by atoms with Gasteiger partial charge in [-0.1, -0.05) is 18.2 Å². The summed E-state index contributed by atoms with van der Waals surface area (Å²) >= 11 is 0. The van der Waals surface area contributed by atoms with Crippen LogP contribution in [0, 0.1) is 17.0 Å². The number of hydrogen-bond donors (Lipinski definition) is 2. The van der Waals surface area contributed by atoms with Crippen molar-refractivity contribution in [2.24, 2.45) is 0 Å². The molecule has 2 aromatic carbocycles. The minimum absolute atomic E-state index is 0.0454. The Balaban J connectivity index is 2.29. The Labute approximate surface area is 145 Å². The van der Waals surface area contributed by atoms with E-state index >= 15 is 0 Å². The standard InChI is InChI=1S/C18H19N3O4/c1-11(2)19-18(23)14-6-4-5-7-15(14)20-17(22)13-9-8-12(3)16(10-13)21(24)25/h4-11H,1-3H3,(H,19,23)(H,20,22). The molecule has 25 heavy (non-hydrogen) atoms. The molecule has 0 unspecified atom stereocenters. The molecule has 2 rings (SSSR count). The third-order valence-electron chi connectivity index (χ3n) is 3.51. The molecular weight excluding hydrogens is 322 g/mol. The van der Waals surface area contributed by atoms with E-state index in [1.807, 2.05) is 13.8 Å². The summed E-state index contributed by atoms with van der Waals surface area (Å²) in [7, 11) is 0. The number of amides is 2. The first-order valence-corrected chi connectivity index (χ1v) is 7.76. The first kappa shape index (κ1) is 18.1. The fourth-order valence-corrected chi connectivity index (χ4v) is 2.27. The number of anilines is 1. The normalized spacial score (nSPS) is 10.4. The van der Waals surface area contributed by atoms with Crippen LogP contribution in [-0.4, -0.2) is 22.8 Å². The number of rotatable bonds is 5. The maximum Gasteiger partial charge on any atom is 0.273 e. The van der Waals surface area contributed by atoms with Gasteiger partial charge in [-0.2, -0.15) is 0 Å². The maximum atomic E-state index is 12.4. The summed E-state index contributed by atoms with van der Waals surface area (Å²) in [6, 6.07) is 10.8. The SMILES string of the molecule is Cc1ccc(C(=O)Nc2ccccc2C(=O)NC(C)C)cc1[N+](=O)[O-]. The molecule has 0 saturated heterocycles. The Morgan fingerprint density at radius 2 is 1.76 bits per heavy atom. The van der Waals surface area contributed by atoms with Gasteiger partial charge in [0.2, 0.25) is 0 Å². The number of nitrogens with zero attached hydrogens (tertiary/aromatic N) is 1. The summed E-state index contributed by atoms with van der Waals surface area (Å²) in [5, 5.41) is 16.4. The number of benzene rings is 2. The molecule has 0 aromatic heterocycles. The molecule has 0 aliphatic carbocycles. The van der Waals surface area contributed by atoms with E-state index in [1.165, 1.54) is 18.2 Å². The second-order valence-corrected chi connectivity index (χ2v) is 5.89. The Hall–Kier alpha value is -3.22. The molecule has 0 fully saturated rings. The zero-order chi connectivity index (χ0) is 18.6. The van der Waals surface area contributed by atoms with Crippen LogP contribution in [0.1, 0.15) is 40.1 Å². The van der Waals surface area contributed by atoms with E-state index in [0.717, 1.165) is 0 Å². The van der Waals surface area contributed by atoms with Gasteiger partial charge in [0.1, 0.15) is 0 Å². The van der Waals surface area contributed by atoms with Crippen LogP contribution < -0.4 is 10.6 Å². The topological polar surface area (TPSA) is 101 Å². The number of nitro groups is 1. The fraction of sp³-hybridized carbons (Fsp3) is 0.222. The van der Waals surface area contributed by atoms with E-state index < -0.39 is 10.8 Å².